The lowest BCUT2D eigenvalue weighted by atomic mass is 10.1. The second-order valence-electron chi connectivity index (χ2n) is 8.42. The van der Waals surface area contributed by atoms with Crippen LogP contribution < -0.4 is 5.32 Å². The number of fused-ring (bicyclic) bond motifs is 1. The van der Waals surface area contributed by atoms with E-state index in [0.717, 1.165) is 0 Å². The molecular weight excluding hydrogens is 487 g/mol. The van der Waals surface area contributed by atoms with E-state index in [-0.39, 0.29) is 53.8 Å². The van der Waals surface area contributed by atoms with Gasteiger partial charge in [0.1, 0.15) is 18.0 Å². The average Bonchev–Trinajstić information content (AvgIpc) is 3.28. The molecular formula is C24H31FN6O4S. The summed E-state index contributed by atoms with van der Waals surface area (Å²) in [7, 11) is 0. The number of nitrogens with zero attached hydrogens (tertiary/aromatic N) is 5. The minimum atomic E-state index is -2.48. The number of benzene rings is 1. The van der Waals surface area contributed by atoms with Gasteiger partial charge in [-0.1, -0.05) is 36.0 Å². The maximum absolute atomic E-state index is 14.8. The summed E-state index contributed by atoms with van der Waals surface area (Å²) in [5.41, 5.74) is -2.65. The highest BCUT2D eigenvalue weighted by Gasteiger charge is 2.45. The molecule has 0 amide bonds. The topological polar surface area (TPSA) is 138 Å². The molecule has 2 fully saturated rings. The molecule has 0 aliphatic heterocycles. The zero-order valence-corrected chi connectivity index (χ0v) is 20.3. The number of aliphatic hydroxyl groups is 3. The molecule has 0 unspecified atom stereocenters. The maximum Gasteiger partial charge on any atom is 0.191 e. The number of aliphatic hydroxyl groups excluding tert-OH is 3. The lowest BCUT2D eigenvalue weighted by molar-refractivity contribution is -0.0629. The third kappa shape index (κ3) is 4.92. The first kappa shape index (κ1) is 17.2. The van der Waals surface area contributed by atoms with E-state index in [9.17, 15) is 14.6 Å². The molecule has 10 nitrogen and oxygen atoms in total. The Morgan fingerprint density at radius 2 is 2.22 bits per heavy atom. The Bertz CT molecular complexity index is 1580. The fourth-order valence-electron chi connectivity index (χ4n) is 4.05. The Labute approximate surface area is 223 Å². The van der Waals surface area contributed by atoms with Crippen LogP contribution in [0.3, 0.4) is 0 Å². The van der Waals surface area contributed by atoms with E-state index < -0.39 is 77.9 Å². The lowest BCUT2D eigenvalue weighted by Crippen LogP contribution is -2.33. The monoisotopic (exact) mass is 526 g/mol. The maximum atomic E-state index is 14.8. The number of hydrogen-bond donors (Lipinski definition) is 4. The smallest absolute Gasteiger partial charge is 0.191 e. The van der Waals surface area contributed by atoms with Crippen molar-refractivity contribution in [2.45, 2.75) is 74.5 Å². The van der Waals surface area contributed by atoms with E-state index in [1.54, 1.807) is 6.92 Å². The zero-order chi connectivity index (χ0) is 32.5. The van der Waals surface area contributed by atoms with Crippen LogP contribution in [0, 0.1) is 12.7 Å². The van der Waals surface area contributed by atoms with Crippen molar-refractivity contribution >= 4 is 28.7 Å². The van der Waals surface area contributed by atoms with Crippen molar-refractivity contribution in [2.75, 3.05) is 24.2 Å². The van der Waals surface area contributed by atoms with Gasteiger partial charge in [-0.15, -0.1) is 5.10 Å². The molecule has 0 radical (unpaired) electrons. The number of ether oxygens (including phenoxy) is 1. The Morgan fingerprint density at radius 3 is 3.00 bits per heavy atom. The summed E-state index contributed by atoms with van der Waals surface area (Å²) in [6, 6.07) is -5.13. The molecule has 3 aromatic rings. The van der Waals surface area contributed by atoms with E-state index in [0.29, 0.717) is 11.8 Å². The van der Waals surface area contributed by atoms with Crippen molar-refractivity contribution in [2.24, 2.45) is 0 Å². The summed E-state index contributed by atoms with van der Waals surface area (Å²) in [4.78, 5) is 8.70. The quantitative estimate of drug-likeness (QED) is 0.230. The van der Waals surface area contributed by atoms with Crippen LogP contribution in [0.25, 0.3) is 11.2 Å². The van der Waals surface area contributed by atoms with Crippen molar-refractivity contribution in [3.8, 4) is 0 Å². The fourth-order valence-corrected chi connectivity index (χ4v) is 4.59. The van der Waals surface area contributed by atoms with Crippen LogP contribution in [-0.4, -0.2) is 83.5 Å². The molecule has 4 N–H and O–H groups in total. The summed E-state index contributed by atoms with van der Waals surface area (Å²) in [6.07, 6.45) is -5.94. The van der Waals surface area contributed by atoms with Crippen molar-refractivity contribution < 1.29 is 35.4 Å². The molecule has 2 heterocycles. The number of thioether (sulfide) groups is 1. The molecule has 1 aromatic carbocycles. The molecule has 0 bridgehead atoms. The van der Waals surface area contributed by atoms with Gasteiger partial charge in [0.15, 0.2) is 22.1 Å². The first-order valence-electron chi connectivity index (χ1n) is 15.4. The van der Waals surface area contributed by atoms with Gasteiger partial charge in [0.25, 0.3) is 0 Å². The van der Waals surface area contributed by atoms with Crippen LogP contribution in [0.5, 0.6) is 0 Å². The molecule has 6 atom stereocenters. The molecule has 2 aliphatic carbocycles. The molecule has 5 rings (SSSR count). The van der Waals surface area contributed by atoms with Crippen LogP contribution in [0.15, 0.2) is 23.3 Å². The minimum absolute atomic E-state index is 0.0329. The van der Waals surface area contributed by atoms with Crippen LogP contribution in [0.2, 0.25) is 0 Å². The third-order valence-corrected chi connectivity index (χ3v) is 6.75. The summed E-state index contributed by atoms with van der Waals surface area (Å²) < 4.78 is 88.6. The molecule has 0 saturated heterocycles. The van der Waals surface area contributed by atoms with Crippen LogP contribution in [0.4, 0.5) is 10.2 Å². The van der Waals surface area contributed by atoms with Crippen LogP contribution >= 0.6 is 11.8 Å². The normalized spacial score (nSPS) is 34.7. The second-order valence-corrected chi connectivity index (χ2v) is 9.28. The van der Waals surface area contributed by atoms with Crippen molar-refractivity contribution in [3.05, 3.63) is 35.1 Å². The lowest BCUT2D eigenvalue weighted by Gasteiger charge is -2.17. The summed E-state index contributed by atoms with van der Waals surface area (Å²) >= 11 is 0.645. The van der Waals surface area contributed by atoms with Gasteiger partial charge in [0, 0.05) is 29.5 Å². The predicted octanol–water partition coefficient (Wildman–Crippen LogP) is 2.18. The predicted molar refractivity (Wildman–Crippen MR) is 133 cm³/mol. The number of hydrogen-bond acceptors (Lipinski definition) is 10. The van der Waals surface area contributed by atoms with E-state index in [1.807, 2.05) is 0 Å². The van der Waals surface area contributed by atoms with Crippen molar-refractivity contribution in [1.82, 2.24) is 25.0 Å². The van der Waals surface area contributed by atoms with Gasteiger partial charge in [0.05, 0.1) is 30.8 Å². The molecule has 0 spiro atoms. The Kier molecular flexibility index (Phi) is 5.03. The minimum Gasteiger partial charge on any atom is -0.394 e. The largest absolute Gasteiger partial charge is 0.394 e. The van der Waals surface area contributed by atoms with Crippen molar-refractivity contribution in [1.29, 1.82) is 0 Å². The van der Waals surface area contributed by atoms with Gasteiger partial charge in [-0.2, -0.15) is 0 Å². The first-order chi connectivity index (χ1) is 20.5. The third-order valence-electron chi connectivity index (χ3n) is 5.95. The average molecular weight is 527 g/mol. The standard InChI is InChI=1S/C24H31FN6O4S/c1-3-8-36-24-27-22(26-16-10-14(16)13-5-4-12(2)15(25)9-13)19-23(28-24)31(30-29-19)17-11-18(35-7-6-32)21(34)20(17)33/h4-5,9,14,16-18,20-21,32-34H,3,6-8,10-11H2,1-2H3,(H,26,27,28)/t14-,16+,17+,18-,20-,21+/m0/s1/i4D,5D,8D2,9D,10D2,16D. The number of halogens is 1. The highest BCUT2D eigenvalue weighted by molar-refractivity contribution is 7.99. The van der Waals surface area contributed by atoms with Gasteiger partial charge in [0.2, 0.25) is 0 Å². The Morgan fingerprint density at radius 1 is 1.39 bits per heavy atom. The molecule has 2 aromatic heterocycles. The van der Waals surface area contributed by atoms with E-state index >= 15 is 0 Å². The van der Waals surface area contributed by atoms with E-state index in [2.05, 4.69) is 25.6 Å². The van der Waals surface area contributed by atoms with Crippen LogP contribution in [-0.2, 0) is 4.74 Å². The fraction of sp³-hybridized carbons (Fsp3) is 0.583. The number of nitrogens with one attached hydrogen (secondary N) is 1. The SMILES string of the molecule is [2H]c1c([2H])c([C@@H]2C([2H])([2H])[C@@]2([2H])Nc2nc(SC([2H])([2H])CC)nc3c2nnn3[C@@H]2C[C@H](OCCO)[C@@H](O)[C@H]2O)c([2H])c(F)c1C. The number of rotatable bonds is 10. The summed E-state index contributed by atoms with van der Waals surface area (Å²) in [6.45, 7) is 2.47. The number of aromatic nitrogens is 5. The van der Waals surface area contributed by atoms with Crippen molar-refractivity contribution in [3.63, 3.8) is 0 Å². The Balaban J connectivity index is 1.59. The highest BCUT2D eigenvalue weighted by Crippen LogP contribution is 2.44. The first-order valence-corrected chi connectivity index (χ1v) is 12.3. The molecule has 194 valence electrons. The van der Waals surface area contributed by atoms with E-state index in [1.165, 1.54) is 11.6 Å². The second kappa shape index (κ2) is 10.5. The zero-order valence-electron chi connectivity index (χ0n) is 27.5. The summed E-state index contributed by atoms with van der Waals surface area (Å²) in [5.74, 6) is -2.89. The number of anilines is 1. The molecule has 2 saturated carbocycles. The van der Waals surface area contributed by atoms with E-state index in [4.69, 9.17) is 20.8 Å². The molecule has 2 aliphatic rings. The van der Waals surface area contributed by atoms with Gasteiger partial charge >= 0.3 is 0 Å². The molecule has 36 heavy (non-hydrogen) atoms. The van der Waals surface area contributed by atoms with Crippen LogP contribution in [0.1, 0.15) is 60.2 Å². The van der Waals surface area contributed by atoms with Gasteiger partial charge in [-0.25, -0.2) is 19.0 Å². The van der Waals surface area contributed by atoms with Gasteiger partial charge in [-0.3, -0.25) is 0 Å². The Hall–Kier alpha value is -2.38. The van der Waals surface area contributed by atoms with Gasteiger partial charge < -0.3 is 25.4 Å². The molecule has 12 heteroatoms. The van der Waals surface area contributed by atoms with Gasteiger partial charge in [-0.05, 0) is 36.9 Å². The summed E-state index contributed by atoms with van der Waals surface area (Å²) in [5, 5.41) is 41.1. The highest BCUT2D eigenvalue weighted by atomic mass is 32.2.